The second-order valence-corrected chi connectivity index (χ2v) is 14.1. The average Bonchev–Trinajstić information content (AvgIpc) is 3.28. The summed E-state index contributed by atoms with van der Waals surface area (Å²) < 4.78 is 33.5. The summed E-state index contributed by atoms with van der Waals surface area (Å²) in [7, 11) is 2.25. The van der Waals surface area contributed by atoms with Gasteiger partial charge in [0.15, 0.2) is 40.4 Å². The topological polar surface area (TPSA) is 231 Å². The van der Waals surface area contributed by atoms with Gasteiger partial charge in [-0.25, -0.2) is 13.1 Å². The number of aryl methyl sites for hydroxylation is 2. The minimum atomic E-state index is -4.16. The van der Waals surface area contributed by atoms with Crippen molar-refractivity contribution in [2.45, 2.75) is 49.8 Å². The van der Waals surface area contributed by atoms with Gasteiger partial charge in [0.1, 0.15) is 16.3 Å². The third-order valence-electron chi connectivity index (χ3n) is 9.29. The maximum absolute atomic E-state index is 14.2. The number of likely N-dealkylation sites (N-methyl/N-ethyl adjacent to an activating group) is 1. The van der Waals surface area contributed by atoms with Gasteiger partial charge in [0.25, 0.3) is 0 Å². The summed E-state index contributed by atoms with van der Waals surface area (Å²) in [6, 6.07) is 0.327. The number of rotatable bonds is 7. The predicted molar refractivity (Wildman–Crippen MR) is 156 cm³/mol. The zero-order valence-corrected chi connectivity index (χ0v) is 26.4. The summed E-state index contributed by atoms with van der Waals surface area (Å²) in [5, 5.41) is 26.8. The number of primary amides is 1. The molecule has 1 amide bonds. The number of anilines is 1. The fourth-order valence-electron chi connectivity index (χ4n) is 7.34. The molecule has 0 radical (unpaired) electrons. The van der Waals surface area contributed by atoms with Crippen molar-refractivity contribution in [3.05, 3.63) is 34.2 Å². The van der Waals surface area contributed by atoms with Crippen LogP contribution in [0.3, 0.4) is 0 Å². The van der Waals surface area contributed by atoms with Crippen LogP contribution in [-0.4, -0.2) is 97.6 Å². The van der Waals surface area contributed by atoms with Gasteiger partial charge in [-0.1, -0.05) is 5.16 Å². The summed E-state index contributed by atoms with van der Waals surface area (Å²) in [4.78, 5) is 70.1. The fourth-order valence-corrected chi connectivity index (χ4v) is 8.68. The van der Waals surface area contributed by atoms with E-state index < -0.39 is 86.7 Å². The van der Waals surface area contributed by atoms with Crippen molar-refractivity contribution >= 4 is 44.8 Å². The number of nitrogens with one attached hydrogen (secondary N) is 1. The van der Waals surface area contributed by atoms with E-state index in [1.165, 1.54) is 38.9 Å². The summed E-state index contributed by atoms with van der Waals surface area (Å²) in [5.41, 5.74) is 3.30. The number of aliphatic hydroxyl groups is 1. The van der Waals surface area contributed by atoms with Crippen molar-refractivity contribution in [1.29, 1.82) is 0 Å². The second kappa shape index (κ2) is 10.8. The number of sulfonamides is 1. The Morgan fingerprint density at radius 2 is 1.80 bits per heavy atom. The van der Waals surface area contributed by atoms with Crippen molar-refractivity contribution in [3.8, 4) is 5.75 Å². The number of hydrogen-bond donors (Lipinski definition) is 4. The van der Waals surface area contributed by atoms with E-state index in [2.05, 4.69) is 9.88 Å². The Labute approximate surface area is 258 Å². The molecule has 3 aliphatic carbocycles. The molecule has 0 bridgehead atoms. The number of nitrogens with zero attached hydrogens (tertiary/aromatic N) is 3. The van der Waals surface area contributed by atoms with Crippen LogP contribution in [0.5, 0.6) is 5.75 Å². The van der Waals surface area contributed by atoms with Gasteiger partial charge in [-0.3, -0.25) is 28.9 Å². The number of aromatic nitrogens is 1. The van der Waals surface area contributed by atoms with Gasteiger partial charge < -0.3 is 25.4 Å². The number of carbonyl (C=O) groups is 5. The van der Waals surface area contributed by atoms with Gasteiger partial charge in [-0.2, -0.15) is 0 Å². The van der Waals surface area contributed by atoms with Crippen molar-refractivity contribution < 1.29 is 47.1 Å². The van der Waals surface area contributed by atoms with Crippen LogP contribution >= 0.6 is 0 Å². The first-order valence-electron chi connectivity index (χ1n) is 14.2. The number of fused-ring (bicyclic) bond motifs is 3. The monoisotopic (exact) mass is 645 g/mol. The quantitative estimate of drug-likeness (QED) is 0.266. The van der Waals surface area contributed by atoms with Crippen LogP contribution in [0.1, 0.15) is 39.4 Å². The van der Waals surface area contributed by atoms with E-state index in [1.807, 2.05) is 0 Å². The number of benzene rings is 1. The molecule has 16 heteroatoms. The highest BCUT2D eigenvalue weighted by Gasteiger charge is 2.69. The van der Waals surface area contributed by atoms with E-state index in [4.69, 9.17) is 10.3 Å². The standard InChI is InChI=1S/C29H35N5O10S/c1-11-25(12(2)44-32-11)45(42,43)31-10-14-9-17(33(3)4)15-7-13-8-16-21(34(5)6)24(37)20(28(30)40)27(39)29(16,41)26(38)18(13)23(36)19(15)22(14)35/h9,13,16,18,20-21,31,35,41H,7-8,10H2,1-6H3,(H2,30,40)/t13-,16-,18?,20?,21-,29-/m0/s1. The van der Waals surface area contributed by atoms with Gasteiger partial charge in [0.05, 0.1) is 17.5 Å². The zero-order chi connectivity index (χ0) is 33.5. The van der Waals surface area contributed by atoms with Crippen LogP contribution in [0.25, 0.3) is 0 Å². The average molecular weight is 646 g/mol. The van der Waals surface area contributed by atoms with Gasteiger partial charge in [-0.05, 0) is 58.3 Å². The van der Waals surface area contributed by atoms with Gasteiger partial charge in [0, 0.05) is 37.8 Å². The van der Waals surface area contributed by atoms with Crippen molar-refractivity contribution in [3.63, 3.8) is 0 Å². The molecule has 2 fully saturated rings. The molecule has 2 aromatic rings. The fraction of sp³-hybridized carbons (Fsp3) is 0.517. The first-order valence-corrected chi connectivity index (χ1v) is 15.7. The van der Waals surface area contributed by atoms with E-state index in [0.717, 1.165) is 0 Å². The lowest BCUT2D eigenvalue weighted by atomic mass is 9.52. The Hall–Kier alpha value is -3.99. The van der Waals surface area contributed by atoms with Crippen LogP contribution < -0.4 is 15.4 Å². The lowest BCUT2D eigenvalue weighted by Gasteiger charge is -2.52. The molecular formula is C29H35N5O10S. The van der Waals surface area contributed by atoms with E-state index in [-0.39, 0.29) is 40.3 Å². The van der Waals surface area contributed by atoms with Gasteiger partial charge >= 0.3 is 0 Å². The maximum Gasteiger partial charge on any atom is 0.246 e. The van der Waals surface area contributed by atoms with Crippen LogP contribution in [0.4, 0.5) is 5.69 Å². The maximum atomic E-state index is 14.2. The zero-order valence-electron chi connectivity index (χ0n) is 25.6. The highest BCUT2D eigenvalue weighted by atomic mass is 32.2. The molecular weight excluding hydrogens is 610 g/mol. The molecule has 1 aromatic carbocycles. The third-order valence-corrected chi connectivity index (χ3v) is 10.9. The largest absolute Gasteiger partial charge is 0.507 e. The number of nitrogens with two attached hydrogens (primary N) is 1. The first kappa shape index (κ1) is 32.4. The molecule has 2 saturated carbocycles. The lowest BCUT2D eigenvalue weighted by Crippen LogP contribution is -2.74. The molecule has 5 N–H and O–H groups in total. The van der Waals surface area contributed by atoms with E-state index >= 15 is 0 Å². The van der Waals surface area contributed by atoms with Gasteiger partial charge in [-0.15, -0.1) is 0 Å². The molecule has 45 heavy (non-hydrogen) atoms. The Balaban J connectivity index is 1.59. The molecule has 15 nitrogen and oxygen atoms in total. The Bertz CT molecular complexity index is 1760. The van der Waals surface area contributed by atoms with E-state index in [9.17, 15) is 42.6 Å². The van der Waals surface area contributed by atoms with Crippen molar-refractivity contribution in [2.75, 3.05) is 33.1 Å². The highest BCUT2D eigenvalue weighted by molar-refractivity contribution is 7.89. The van der Waals surface area contributed by atoms with Crippen LogP contribution in [-0.2, 0) is 42.2 Å². The molecule has 2 unspecified atom stereocenters. The molecule has 1 aromatic heterocycles. The molecule has 3 aliphatic rings. The molecule has 0 spiro atoms. The van der Waals surface area contributed by atoms with Crippen LogP contribution in [0, 0.1) is 37.5 Å². The normalized spacial score (nSPS) is 28.1. The van der Waals surface area contributed by atoms with Crippen molar-refractivity contribution in [1.82, 2.24) is 14.8 Å². The number of carbonyl (C=O) groups excluding carboxylic acids is 5. The summed E-state index contributed by atoms with van der Waals surface area (Å²) in [6.07, 6.45) is -0.0193. The Morgan fingerprint density at radius 3 is 2.33 bits per heavy atom. The number of aromatic hydroxyl groups is 1. The molecule has 1 heterocycles. The van der Waals surface area contributed by atoms with Crippen LogP contribution in [0.15, 0.2) is 15.5 Å². The SMILES string of the molecule is Cc1noc(C)c1S(=O)(=O)NCc1cc(N(C)C)c2c(c1O)C(=O)C1C(=O)[C@]3(O)C(=O)C(C(N)=O)C(=O)[C@@H](N(C)C)[C@@H]3C[C@@H]1C2. The Morgan fingerprint density at radius 1 is 1.16 bits per heavy atom. The molecule has 5 rings (SSSR count). The third kappa shape index (κ3) is 4.69. The molecule has 0 saturated heterocycles. The highest BCUT2D eigenvalue weighted by Crippen LogP contribution is 2.52. The van der Waals surface area contributed by atoms with E-state index in [0.29, 0.717) is 11.3 Å². The number of hydrogen-bond acceptors (Lipinski definition) is 13. The number of Topliss-reactive ketones (excluding diaryl/α,β-unsaturated/α-hetero) is 4. The summed E-state index contributed by atoms with van der Waals surface area (Å²) in [5.74, 6) is -11.7. The minimum Gasteiger partial charge on any atom is -0.507 e. The number of ketones is 4. The summed E-state index contributed by atoms with van der Waals surface area (Å²) in [6.45, 7) is 2.45. The number of phenols is 1. The van der Waals surface area contributed by atoms with Crippen LogP contribution in [0.2, 0.25) is 0 Å². The lowest BCUT2D eigenvalue weighted by molar-refractivity contribution is -0.181. The molecule has 0 aliphatic heterocycles. The molecule has 242 valence electrons. The molecule has 6 atom stereocenters. The Kier molecular flexibility index (Phi) is 7.79. The number of phenolic OH excluding ortho intramolecular Hbond substituents is 1. The first-order chi connectivity index (χ1) is 20.9. The summed E-state index contributed by atoms with van der Waals surface area (Å²) >= 11 is 0. The van der Waals surface area contributed by atoms with E-state index in [1.54, 1.807) is 19.0 Å². The number of amides is 1. The van der Waals surface area contributed by atoms with Gasteiger partial charge in [0.2, 0.25) is 15.9 Å². The minimum absolute atomic E-state index is 0.0280. The second-order valence-electron chi connectivity index (χ2n) is 12.4. The van der Waals surface area contributed by atoms with Crippen molar-refractivity contribution in [2.24, 2.45) is 29.4 Å². The predicted octanol–water partition coefficient (Wildman–Crippen LogP) is -0.984. The smallest absolute Gasteiger partial charge is 0.246 e.